The number of aliphatic hydroxyl groups is 1. The van der Waals surface area contributed by atoms with E-state index < -0.39 is 11.6 Å². The summed E-state index contributed by atoms with van der Waals surface area (Å²) in [7, 11) is 0. The molecule has 0 aliphatic rings. The number of carboxylic acid groups (broad SMARTS) is 1. The van der Waals surface area contributed by atoms with Gasteiger partial charge in [0.25, 0.3) is 0 Å². The molecule has 0 aromatic heterocycles. The molecular formula is C6H9ClO3. The minimum atomic E-state index is -1.23. The number of hydrogen-bond acceptors (Lipinski definition) is 2. The maximum atomic E-state index is 10.1. The molecule has 0 bridgehead atoms. The second-order valence-electron chi connectivity index (χ2n) is 2.45. The van der Waals surface area contributed by atoms with Gasteiger partial charge in [-0.05, 0) is 19.9 Å². The molecule has 0 unspecified atom stereocenters. The maximum absolute atomic E-state index is 10.1. The number of hydrogen-bond donors (Lipinski definition) is 2. The van der Waals surface area contributed by atoms with Crippen LogP contribution in [0.25, 0.3) is 0 Å². The third-order valence-corrected chi connectivity index (χ3v) is 0.955. The van der Waals surface area contributed by atoms with E-state index in [0.29, 0.717) is 0 Å². The van der Waals surface area contributed by atoms with Crippen LogP contribution in [0.4, 0.5) is 0 Å². The second-order valence-corrected chi connectivity index (χ2v) is 2.86. The van der Waals surface area contributed by atoms with Gasteiger partial charge in [-0.1, -0.05) is 11.6 Å². The fraction of sp³-hybridized carbons (Fsp3) is 0.500. The zero-order valence-electron chi connectivity index (χ0n) is 5.76. The Balaban J connectivity index is 4.32. The van der Waals surface area contributed by atoms with Gasteiger partial charge in [-0.25, -0.2) is 4.79 Å². The van der Waals surface area contributed by atoms with E-state index in [-0.39, 0.29) is 5.03 Å². The first-order chi connectivity index (χ1) is 4.33. The van der Waals surface area contributed by atoms with Crippen LogP contribution in [0.1, 0.15) is 13.8 Å². The predicted molar refractivity (Wildman–Crippen MR) is 37.9 cm³/mol. The summed E-state index contributed by atoms with van der Waals surface area (Å²) in [5.41, 5.74) is -1.17. The van der Waals surface area contributed by atoms with Gasteiger partial charge in [0.1, 0.15) is 5.03 Å². The smallest absolute Gasteiger partial charge is 0.347 e. The third-order valence-electron chi connectivity index (χ3n) is 0.684. The van der Waals surface area contributed by atoms with E-state index in [2.05, 4.69) is 0 Å². The summed E-state index contributed by atoms with van der Waals surface area (Å²) >= 11 is 5.20. The number of carboxylic acids is 1. The van der Waals surface area contributed by atoms with Crippen molar-refractivity contribution in [2.45, 2.75) is 19.4 Å². The van der Waals surface area contributed by atoms with Gasteiger partial charge in [-0.15, -0.1) is 0 Å². The topological polar surface area (TPSA) is 57.5 Å². The highest BCUT2D eigenvalue weighted by Gasteiger charge is 2.12. The fourth-order valence-electron chi connectivity index (χ4n) is 0.372. The summed E-state index contributed by atoms with van der Waals surface area (Å²) in [6.45, 7) is 2.89. The van der Waals surface area contributed by atoms with Crippen molar-refractivity contribution in [3.05, 3.63) is 11.1 Å². The Labute approximate surface area is 63.9 Å². The molecule has 0 fully saturated rings. The van der Waals surface area contributed by atoms with Crippen molar-refractivity contribution >= 4 is 17.6 Å². The maximum Gasteiger partial charge on any atom is 0.347 e. The molecule has 0 aromatic rings. The fourth-order valence-corrected chi connectivity index (χ4v) is 0.639. The van der Waals surface area contributed by atoms with E-state index in [9.17, 15) is 4.79 Å². The quantitative estimate of drug-likeness (QED) is 0.598. The normalized spacial score (nSPS) is 13.4. The van der Waals surface area contributed by atoms with Crippen LogP contribution in [-0.2, 0) is 4.79 Å². The number of carbonyl (C=O) groups is 1. The monoisotopic (exact) mass is 164 g/mol. The molecule has 0 amide bonds. The van der Waals surface area contributed by atoms with Crippen molar-refractivity contribution < 1.29 is 15.0 Å². The minimum absolute atomic E-state index is 0.368. The predicted octanol–water partition coefficient (Wildman–Crippen LogP) is 0.965. The van der Waals surface area contributed by atoms with Crippen LogP contribution in [0.5, 0.6) is 0 Å². The van der Waals surface area contributed by atoms with Gasteiger partial charge in [0.15, 0.2) is 0 Å². The number of rotatable bonds is 2. The van der Waals surface area contributed by atoms with Gasteiger partial charge in [0.05, 0.1) is 5.60 Å². The first-order valence-corrected chi connectivity index (χ1v) is 3.05. The number of halogens is 1. The van der Waals surface area contributed by atoms with Crippen molar-refractivity contribution in [2.75, 3.05) is 0 Å². The highest BCUT2D eigenvalue weighted by Crippen LogP contribution is 2.10. The van der Waals surface area contributed by atoms with Gasteiger partial charge in [0.2, 0.25) is 0 Å². The molecule has 2 N–H and O–H groups in total. The Kier molecular flexibility index (Phi) is 2.87. The molecule has 0 saturated carbocycles. The molecule has 3 nitrogen and oxygen atoms in total. The molecule has 0 rings (SSSR count). The van der Waals surface area contributed by atoms with Crippen LogP contribution in [-0.4, -0.2) is 21.8 Å². The lowest BCUT2D eigenvalue weighted by Crippen LogP contribution is -2.15. The molecule has 58 valence electrons. The lowest BCUT2D eigenvalue weighted by atomic mass is 10.1. The van der Waals surface area contributed by atoms with Crippen molar-refractivity contribution in [2.24, 2.45) is 0 Å². The van der Waals surface area contributed by atoms with Gasteiger partial charge >= 0.3 is 5.97 Å². The first-order valence-electron chi connectivity index (χ1n) is 2.67. The molecule has 0 aromatic carbocycles. The van der Waals surface area contributed by atoms with Crippen molar-refractivity contribution in [3.8, 4) is 0 Å². The van der Waals surface area contributed by atoms with Gasteiger partial charge in [-0.3, -0.25) is 0 Å². The Hall–Kier alpha value is -0.540. The zero-order valence-corrected chi connectivity index (χ0v) is 6.51. The zero-order chi connectivity index (χ0) is 8.36. The van der Waals surface area contributed by atoms with Crippen LogP contribution in [0.2, 0.25) is 0 Å². The Morgan fingerprint density at radius 2 is 2.00 bits per heavy atom. The largest absolute Gasteiger partial charge is 0.477 e. The second kappa shape index (κ2) is 3.03. The number of aliphatic carboxylic acids is 1. The van der Waals surface area contributed by atoms with Crippen molar-refractivity contribution in [3.63, 3.8) is 0 Å². The third kappa shape index (κ3) is 4.35. The van der Waals surface area contributed by atoms with Crippen LogP contribution in [0.3, 0.4) is 0 Å². The van der Waals surface area contributed by atoms with E-state index in [0.717, 1.165) is 6.08 Å². The summed E-state index contributed by atoms with van der Waals surface area (Å²) in [6.07, 6.45) is 1.07. The molecule has 10 heavy (non-hydrogen) atoms. The Morgan fingerprint density at radius 3 is 2.10 bits per heavy atom. The summed E-state index contributed by atoms with van der Waals surface area (Å²) < 4.78 is 0. The lowest BCUT2D eigenvalue weighted by molar-refractivity contribution is -0.132. The highest BCUT2D eigenvalue weighted by atomic mass is 35.5. The lowest BCUT2D eigenvalue weighted by Gasteiger charge is -2.10. The van der Waals surface area contributed by atoms with E-state index in [1.165, 1.54) is 13.8 Å². The summed E-state index contributed by atoms with van der Waals surface area (Å²) in [5.74, 6) is -1.23. The van der Waals surface area contributed by atoms with Crippen LogP contribution < -0.4 is 0 Å². The van der Waals surface area contributed by atoms with Crippen molar-refractivity contribution in [1.29, 1.82) is 0 Å². The molecule has 0 radical (unpaired) electrons. The van der Waals surface area contributed by atoms with Crippen LogP contribution in [0.15, 0.2) is 11.1 Å². The first kappa shape index (κ1) is 9.46. The van der Waals surface area contributed by atoms with E-state index >= 15 is 0 Å². The summed E-state index contributed by atoms with van der Waals surface area (Å²) in [5, 5.41) is 16.9. The summed E-state index contributed by atoms with van der Waals surface area (Å²) in [6, 6.07) is 0. The van der Waals surface area contributed by atoms with Gasteiger partial charge in [-0.2, -0.15) is 0 Å². The van der Waals surface area contributed by atoms with E-state index in [1.54, 1.807) is 0 Å². The molecule has 0 saturated heterocycles. The standard InChI is InChI=1S/C6H9ClO3/c1-6(2,10)3-4(7)5(8)9/h3,10H,1-2H3,(H,8,9). The van der Waals surface area contributed by atoms with Crippen LogP contribution in [0, 0.1) is 0 Å². The van der Waals surface area contributed by atoms with E-state index in [4.69, 9.17) is 21.8 Å². The molecule has 0 aliphatic carbocycles. The molecule has 0 atom stereocenters. The Morgan fingerprint density at radius 1 is 1.60 bits per heavy atom. The average molecular weight is 165 g/mol. The molecule has 4 heteroatoms. The summed E-state index contributed by atoms with van der Waals surface area (Å²) in [4.78, 5) is 10.1. The van der Waals surface area contributed by atoms with Crippen molar-refractivity contribution in [1.82, 2.24) is 0 Å². The molecular weight excluding hydrogens is 156 g/mol. The highest BCUT2D eigenvalue weighted by molar-refractivity contribution is 6.40. The Bertz CT molecular complexity index is 166. The SMILES string of the molecule is CC(C)(O)C=C(Cl)C(=O)O. The molecule has 0 aliphatic heterocycles. The average Bonchev–Trinajstić information content (AvgIpc) is 1.60. The molecule has 0 heterocycles. The van der Waals surface area contributed by atoms with E-state index in [1.807, 2.05) is 0 Å². The van der Waals surface area contributed by atoms with Gasteiger partial charge < -0.3 is 10.2 Å². The minimum Gasteiger partial charge on any atom is -0.477 e. The van der Waals surface area contributed by atoms with Crippen LogP contribution >= 0.6 is 11.6 Å². The van der Waals surface area contributed by atoms with Gasteiger partial charge in [0, 0.05) is 0 Å². The molecule has 0 spiro atoms.